The van der Waals surface area contributed by atoms with E-state index in [2.05, 4.69) is 0 Å². The van der Waals surface area contributed by atoms with Crippen LogP contribution in [-0.4, -0.2) is 18.8 Å². The van der Waals surface area contributed by atoms with E-state index >= 15 is 0 Å². The number of nitrogens with zero attached hydrogens (tertiary/aromatic N) is 2. The van der Waals surface area contributed by atoms with Gasteiger partial charge in [0.15, 0.2) is 0 Å². The van der Waals surface area contributed by atoms with Crippen molar-refractivity contribution in [3.63, 3.8) is 0 Å². The van der Waals surface area contributed by atoms with Crippen molar-refractivity contribution in [2.45, 2.75) is 43.7 Å². The molecule has 0 unspecified atom stereocenters. The molecule has 0 spiro atoms. The fourth-order valence-corrected chi connectivity index (χ4v) is 4.51. The summed E-state index contributed by atoms with van der Waals surface area (Å²) in [6, 6.07) is 12.6. The first kappa shape index (κ1) is 17.6. The Morgan fingerprint density at radius 1 is 1.20 bits per heavy atom. The molecular formula is C19H19FN2O2S. The molecule has 0 bridgehead atoms. The first-order valence-electron chi connectivity index (χ1n) is 8.19. The zero-order valence-electron chi connectivity index (χ0n) is 13.9. The van der Waals surface area contributed by atoms with E-state index in [9.17, 15) is 12.8 Å². The average molecular weight is 358 g/mol. The highest BCUT2D eigenvalue weighted by Crippen LogP contribution is 2.32. The van der Waals surface area contributed by atoms with Gasteiger partial charge in [0.05, 0.1) is 16.5 Å². The Labute approximate surface area is 147 Å². The number of benzene rings is 2. The van der Waals surface area contributed by atoms with E-state index in [1.165, 1.54) is 16.4 Å². The van der Waals surface area contributed by atoms with Gasteiger partial charge in [0.25, 0.3) is 0 Å². The van der Waals surface area contributed by atoms with Gasteiger partial charge in [-0.3, -0.25) is 0 Å². The average Bonchev–Trinajstić information content (AvgIpc) is 2.54. The first-order valence-corrected chi connectivity index (χ1v) is 9.63. The van der Waals surface area contributed by atoms with E-state index in [0.717, 1.165) is 30.9 Å². The summed E-state index contributed by atoms with van der Waals surface area (Å²) in [6.07, 6.45) is 2.53. The molecule has 6 heteroatoms. The van der Waals surface area contributed by atoms with Gasteiger partial charge in [-0.15, -0.1) is 0 Å². The standard InChI is InChI=1S/C19H19FN2O2S/c1-14-5-9-18(10-6-14)25(23,24)22(17-3-2-4-17)13-16-8-7-15(12-21)11-19(16)20/h5-11,17H,2-4,13H2,1H3. The van der Waals surface area contributed by atoms with Crippen molar-refractivity contribution in [1.29, 1.82) is 5.26 Å². The number of nitriles is 1. The Kier molecular flexibility index (Phi) is 4.89. The van der Waals surface area contributed by atoms with Crippen molar-refractivity contribution in [3.8, 4) is 6.07 Å². The molecule has 2 aromatic rings. The van der Waals surface area contributed by atoms with Crippen molar-refractivity contribution in [2.24, 2.45) is 0 Å². The van der Waals surface area contributed by atoms with Crippen LogP contribution >= 0.6 is 0 Å². The third-order valence-electron chi connectivity index (χ3n) is 4.62. The van der Waals surface area contributed by atoms with Gasteiger partial charge in [-0.05, 0) is 44.0 Å². The molecule has 1 fully saturated rings. The molecule has 1 aliphatic carbocycles. The second-order valence-corrected chi connectivity index (χ2v) is 8.26. The molecule has 0 atom stereocenters. The summed E-state index contributed by atoms with van der Waals surface area (Å²) in [4.78, 5) is 0.221. The molecular weight excluding hydrogens is 339 g/mol. The van der Waals surface area contributed by atoms with E-state index < -0.39 is 15.8 Å². The summed E-state index contributed by atoms with van der Waals surface area (Å²) in [7, 11) is -3.71. The molecule has 1 saturated carbocycles. The zero-order valence-corrected chi connectivity index (χ0v) is 14.8. The summed E-state index contributed by atoms with van der Waals surface area (Å²) >= 11 is 0. The molecule has 0 aromatic heterocycles. The monoisotopic (exact) mass is 358 g/mol. The van der Waals surface area contributed by atoms with Crippen LogP contribution in [0.4, 0.5) is 4.39 Å². The number of aryl methyl sites for hydroxylation is 1. The van der Waals surface area contributed by atoms with Crippen molar-refractivity contribution < 1.29 is 12.8 Å². The molecule has 0 N–H and O–H groups in total. The van der Waals surface area contributed by atoms with E-state index in [1.54, 1.807) is 24.3 Å². The first-order chi connectivity index (χ1) is 11.9. The quantitative estimate of drug-likeness (QED) is 0.818. The van der Waals surface area contributed by atoms with Crippen LogP contribution in [0.2, 0.25) is 0 Å². The largest absolute Gasteiger partial charge is 0.243 e. The number of sulfonamides is 1. The molecule has 0 radical (unpaired) electrons. The summed E-state index contributed by atoms with van der Waals surface area (Å²) in [5, 5.41) is 8.85. The highest BCUT2D eigenvalue weighted by molar-refractivity contribution is 7.89. The van der Waals surface area contributed by atoms with Crippen LogP contribution in [0.25, 0.3) is 0 Å². The highest BCUT2D eigenvalue weighted by Gasteiger charge is 2.35. The van der Waals surface area contributed by atoms with Crippen molar-refractivity contribution >= 4 is 10.0 Å². The second kappa shape index (κ2) is 6.95. The van der Waals surface area contributed by atoms with Gasteiger partial charge in [0.2, 0.25) is 10.0 Å². The SMILES string of the molecule is Cc1ccc(S(=O)(=O)N(Cc2ccc(C#N)cc2F)C2CCC2)cc1. The Bertz CT molecular complexity index is 913. The van der Waals surface area contributed by atoms with Crippen molar-refractivity contribution in [1.82, 2.24) is 4.31 Å². The van der Waals surface area contributed by atoms with Crippen LogP contribution in [0, 0.1) is 24.1 Å². The predicted octanol–water partition coefficient (Wildman–Crippen LogP) is 3.75. The number of rotatable bonds is 5. The number of halogens is 1. The normalized spacial score (nSPS) is 15.0. The lowest BCUT2D eigenvalue weighted by atomic mass is 9.93. The van der Waals surface area contributed by atoms with Gasteiger partial charge in [0, 0.05) is 18.2 Å². The van der Waals surface area contributed by atoms with Crippen LogP contribution in [0.3, 0.4) is 0 Å². The fourth-order valence-electron chi connectivity index (χ4n) is 2.84. The Morgan fingerprint density at radius 2 is 1.88 bits per heavy atom. The van der Waals surface area contributed by atoms with Crippen molar-refractivity contribution in [3.05, 3.63) is 65.0 Å². The van der Waals surface area contributed by atoms with Gasteiger partial charge < -0.3 is 0 Å². The van der Waals surface area contributed by atoms with Crippen LogP contribution in [0.1, 0.15) is 36.0 Å². The maximum absolute atomic E-state index is 14.3. The van der Waals surface area contributed by atoms with Gasteiger partial charge in [-0.2, -0.15) is 9.57 Å². The van der Waals surface area contributed by atoms with Crippen molar-refractivity contribution in [2.75, 3.05) is 0 Å². The minimum absolute atomic E-state index is 0.0293. The molecule has 0 amide bonds. The topological polar surface area (TPSA) is 61.2 Å². The lowest BCUT2D eigenvalue weighted by molar-refractivity contribution is 0.212. The molecule has 3 rings (SSSR count). The predicted molar refractivity (Wildman–Crippen MR) is 92.7 cm³/mol. The minimum atomic E-state index is -3.71. The Morgan fingerprint density at radius 3 is 2.40 bits per heavy atom. The van der Waals surface area contributed by atoms with Gasteiger partial charge in [0.1, 0.15) is 5.82 Å². The van der Waals surface area contributed by atoms with Crippen LogP contribution < -0.4 is 0 Å². The highest BCUT2D eigenvalue weighted by atomic mass is 32.2. The fraction of sp³-hybridized carbons (Fsp3) is 0.316. The van der Waals surface area contributed by atoms with E-state index in [1.807, 2.05) is 13.0 Å². The maximum Gasteiger partial charge on any atom is 0.243 e. The van der Waals surface area contributed by atoms with Crippen LogP contribution in [0.5, 0.6) is 0 Å². The summed E-state index contributed by atoms with van der Waals surface area (Å²) in [6.45, 7) is 1.87. The smallest absolute Gasteiger partial charge is 0.207 e. The number of hydrogen-bond donors (Lipinski definition) is 0. The Hall–Kier alpha value is -2.23. The van der Waals surface area contributed by atoms with E-state index in [4.69, 9.17) is 5.26 Å². The van der Waals surface area contributed by atoms with Gasteiger partial charge in [-0.1, -0.05) is 30.2 Å². The van der Waals surface area contributed by atoms with E-state index in [0.29, 0.717) is 0 Å². The molecule has 4 nitrogen and oxygen atoms in total. The lowest BCUT2D eigenvalue weighted by Gasteiger charge is -2.36. The molecule has 130 valence electrons. The van der Waals surface area contributed by atoms with Crippen LogP contribution in [0.15, 0.2) is 47.4 Å². The zero-order chi connectivity index (χ0) is 18.0. The Balaban J connectivity index is 1.95. The van der Waals surface area contributed by atoms with E-state index in [-0.39, 0.29) is 28.6 Å². The van der Waals surface area contributed by atoms with Crippen LogP contribution in [-0.2, 0) is 16.6 Å². The molecule has 0 heterocycles. The summed E-state index contributed by atoms with van der Waals surface area (Å²) in [5.41, 5.74) is 1.48. The number of hydrogen-bond acceptors (Lipinski definition) is 3. The molecule has 25 heavy (non-hydrogen) atoms. The summed E-state index contributed by atoms with van der Waals surface area (Å²) in [5.74, 6) is -0.553. The molecule has 2 aromatic carbocycles. The minimum Gasteiger partial charge on any atom is -0.207 e. The third-order valence-corrected chi connectivity index (χ3v) is 6.53. The molecule has 1 aliphatic rings. The molecule has 0 aliphatic heterocycles. The summed E-state index contributed by atoms with van der Waals surface area (Å²) < 4.78 is 41.8. The maximum atomic E-state index is 14.3. The van der Waals surface area contributed by atoms with Gasteiger partial charge >= 0.3 is 0 Å². The molecule has 0 saturated heterocycles. The third kappa shape index (κ3) is 3.58. The van der Waals surface area contributed by atoms with Gasteiger partial charge in [-0.25, -0.2) is 12.8 Å². The lowest BCUT2D eigenvalue weighted by Crippen LogP contribution is -2.43. The second-order valence-electron chi connectivity index (χ2n) is 6.37.